The largest absolute Gasteiger partial charge is 0.326 e. The van der Waals surface area contributed by atoms with Crippen LogP contribution in [0.5, 0.6) is 0 Å². The average Bonchev–Trinajstić information content (AvgIpc) is 3.54. The fourth-order valence-corrected chi connectivity index (χ4v) is 6.57. The minimum absolute atomic E-state index is 0.0417. The molecule has 2 bridgehead atoms. The van der Waals surface area contributed by atoms with Gasteiger partial charge in [0, 0.05) is 23.1 Å². The number of nitrogens with one attached hydrogen (secondary N) is 1. The number of rotatable bonds is 7. The van der Waals surface area contributed by atoms with Crippen molar-refractivity contribution in [2.45, 2.75) is 39.0 Å². The van der Waals surface area contributed by atoms with Crippen molar-refractivity contribution in [1.82, 2.24) is 4.90 Å². The number of unbranched alkanes of at least 4 members (excludes halogenated alkanes) is 2. The lowest BCUT2D eigenvalue weighted by Gasteiger charge is -2.37. The van der Waals surface area contributed by atoms with E-state index in [1.807, 2.05) is 19.1 Å². The van der Waals surface area contributed by atoms with Crippen molar-refractivity contribution in [1.29, 1.82) is 0 Å². The van der Waals surface area contributed by atoms with Gasteiger partial charge < -0.3 is 5.32 Å². The predicted octanol–water partition coefficient (Wildman–Crippen LogP) is 4.96. The molecule has 5 nitrogen and oxygen atoms in total. The molecule has 3 fully saturated rings. The summed E-state index contributed by atoms with van der Waals surface area (Å²) in [5, 5.41) is 3.51. The van der Waals surface area contributed by atoms with Crippen LogP contribution in [0.4, 0.5) is 5.69 Å². The summed E-state index contributed by atoms with van der Waals surface area (Å²) in [6, 6.07) is 3.65. The van der Waals surface area contributed by atoms with Crippen molar-refractivity contribution in [2.24, 2.45) is 35.5 Å². The highest BCUT2D eigenvalue weighted by atomic mass is 79.9. The number of carbonyl (C=O) groups excluding carboxylic acids is 3. The first kappa shape index (κ1) is 21.2. The number of benzene rings is 1. The number of allylic oxidation sites excluding steroid dienone is 2. The van der Waals surface area contributed by atoms with E-state index in [9.17, 15) is 14.4 Å². The molecule has 6 unspecified atom stereocenters. The Morgan fingerprint density at radius 1 is 1.10 bits per heavy atom. The van der Waals surface area contributed by atoms with Gasteiger partial charge in [-0.2, -0.15) is 0 Å². The molecule has 1 saturated heterocycles. The summed E-state index contributed by atoms with van der Waals surface area (Å²) in [7, 11) is 0. The molecule has 6 atom stereocenters. The number of imide groups is 1. The van der Waals surface area contributed by atoms with Crippen molar-refractivity contribution in [3.8, 4) is 0 Å². The maximum Gasteiger partial charge on any atom is 0.233 e. The number of nitrogens with zero attached hydrogens (tertiary/aromatic N) is 1. The number of amides is 3. The zero-order valence-electron chi connectivity index (χ0n) is 17.4. The Morgan fingerprint density at radius 3 is 2.39 bits per heavy atom. The summed E-state index contributed by atoms with van der Waals surface area (Å²) in [6.45, 7) is 2.35. The molecule has 0 spiro atoms. The number of halogens is 2. The minimum atomic E-state index is -0.113. The molecular weight excluding hydrogens is 480 g/mol. The molecule has 6 rings (SSSR count). The third-order valence-electron chi connectivity index (χ3n) is 7.65. The van der Waals surface area contributed by atoms with Crippen molar-refractivity contribution >= 4 is 50.9 Å². The Kier molecular flexibility index (Phi) is 5.50. The van der Waals surface area contributed by atoms with E-state index in [1.54, 1.807) is 0 Å². The van der Waals surface area contributed by atoms with Gasteiger partial charge in [-0.3, -0.25) is 19.3 Å². The van der Waals surface area contributed by atoms with Gasteiger partial charge in [-0.15, -0.1) is 0 Å². The fourth-order valence-electron chi connectivity index (χ4n) is 5.97. The molecule has 4 aliphatic carbocycles. The highest BCUT2D eigenvalue weighted by Gasteiger charge is 2.66. The van der Waals surface area contributed by atoms with Gasteiger partial charge in [0.1, 0.15) is 0 Å². The quantitative estimate of drug-likeness (QED) is 0.323. The lowest BCUT2D eigenvalue weighted by Crippen LogP contribution is -2.40. The molecule has 164 valence electrons. The van der Waals surface area contributed by atoms with Crippen LogP contribution in [0.15, 0.2) is 28.8 Å². The summed E-state index contributed by atoms with van der Waals surface area (Å²) >= 11 is 9.59. The topological polar surface area (TPSA) is 66.5 Å². The molecule has 31 heavy (non-hydrogen) atoms. The Morgan fingerprint density at radius 2 is 1.74 bits per heavy atom. The molecule has 1 aliphatic heterocycles. The van der Waals surface area contributed by atoms with E-state index in [-0.39, 0.29) is 41.4 Å². The van der Waals surface area contributed by atoms with Crippen molar-refractivity contribution in [2.75, 3.05) is 11.9 Å². The summed E-state index contributed by atoms with van der Waals surface area (Å²) < 4.78 is 0.802. The Bertz CT molecular complexity index is 957. The lowest BCUT2D eigenvalue weighted by molar-refractivity contribution is -0.140. The first-order valence-electron chi connectivity index (χ1n) is 11.2. The van der Waals surface area contributed by atoms with Crippen LogP contribution in [0, 0.1) is 42.4 Å². The maximum atomic E-state index is 13.0. The van der Waals surface area contributed by atoms with Crippen molar-refractivity contribution in [3.63, 3.8) is 0 Å². The van der Waals surface area contributed by atoms with Gasteiger partial charge in [0.15, 0.2) is 0 Å². The van der Waals surface area contributed by atoms with Crippen LogP contribution in [-0.4, -0.2) is 29.2 Å². The molecule has 1 aromatic rings. The molecular formula is C24H26BrClN2O3. The van der Waals surface area contributed by atoms with Crippen molar-refractivity contribution < 1.29 is 14.4 Å². The summed E-state index contributed by atoms with van der Waals surface area (Å²) in [5.41, 5.74) is 1.55. The number of hydrogen-bond donors (Lipinski definition) is 1. The second kappa shape index (κ2) is 8.04. The SMILES string of the molecule is Cc1c(NC(=O)CCCCCN2C(=O)C3C4C=CC(C5CC45)C3C2=O)ccc(Br)c1Cl. The van der Waals surface area contributed by atoms with Gasteiger partial charge >= 0.3 is 0 Å². The summed E-state index contributed by atoms with van der Waals surface area (Å²) in [4.78, 5) is 39.7. The van der Waals surface area contributed by atoms with E-state index in [1.165, 1.54) is 11.3 Å². The Labute approximate surface area is 195 Å². The molecule has 1 aromatic carbocycles. The second-order valence-corrected chi connectivity index (χ2v) is 10.6. The second-order valence-electron chi connectivity index (χ2n) is 9.38. The summed E-state index contributed by atoms with van der Waals surface area (Å²) in [6.07, 6.45) is 8.25. The number of carbonyl (C=O) groups is 3. The van der Waals surface area contributed by atoms with Crippen LogP contribution in [0.2, 0.25) is 5.02 Å². The minimum Gasteiger partial charge on any atom is -0.326 e. The highest BCUT2D eigenvalue weighted by molar-refractivity contribution is 9.10. The van der Waals surface area contributed by atoms with E-state index in [2.05, 4.69) is 33.4 Å². The van der Waals surface area contributed by atoms with E-state index < -0.39 is 0 Å². The number of likely N-dealkylation sites (tertiary alicyclic amines) is 1. The maximum absolute atomic E-state index is 13.0. The predicted molar refractivity (Wildman–Crippen MR) is 122 cm³/mol. The fraction of sp³-hybridized carbons (Fsp3) is 0.542. The van der Waals surface area contributed by atoms with E-state index in [4.69, 9.17) is 11.6 Å². The van der Waals surface area contributed by atoms with Gasteiger partial charge in [0.2, 0.25) is 17.7 Å². The average molecular weight is 506 g/mol. The Balaban J connectivity index is 1.08. The Hall–Kier alpha value is -1.66. The van der Waals surface area contributed by atoms with E-state index >= 15 is 0 Å². The molecule has 7 heteroatoms. The highest BCUT2D eigenvalue weighted by Crippen LogP contribution is 2.65. The van der Waals surface area contributed by atoms with Crippen LogP contribution in [0.3, 0.4) is 0 Å². The van der Waals surface area contributed by atoms with Gasteiger partial charge in [-0.1, -0.05) is 30.2 Å². The third-order valence-corrected chi connectivity index (χ3v) is 9.03. The molecule has 3 amide bonds. The smallest absolute Gasteiger partial charge is 0.233 e. The van der Waals surface area contributed by atoms with Gasteiger partial charge in [0.25, 0.3) is 0 Å². The first-order valence-corrected chi connectivity index (χ1v) is 12.3. The summed E-state index contributed by atoms with van der Waals surface area (Å²) in [5.74, 6) is 1.63. The monoisotopic (exact) mass is 504 g/mol. The van der Waals surface area contributed by atoms with Crippen molar-refractivity contribution in [3.05, 3.63) is 39.3 Å². The van der Waals surface area contributed by atoms with Crippen LogP contribution >= 0.6 is 27.5 Å². The van der Waals surface area contributed by atoms with Crippen LogP contribution in [0.25, 0.3) is 0 Å². The van der Waals surface area contributed by atoms with E-state index in [0.29, 0.717) is 29.8 Å². The zero-order valence-corrected chi connectivity index (χ0v) is 19.8. The number of anilines is 1. The molecule has 0 aromatic heterocycles. The van der Waals surface area contributed by atoms with Gasteiger partial charge in [-0.25, -0.2) is 0 Å². The molecule has 1 N–H and O–H groups in total. The lowest BCUT2D eigenvalue weighted by atomic mass is 9.63. The normalized spacial score (nSPS) is 32.3. The molecule has 1 heterocycles. The van der Waals surface area contributed by atoms with Crippen LogP contribution in [-0.2, 0) is 14.4 Å². The molecule has 0 radical (unpaired) electrons. The molecule has 5 aliphatic rings. The first-order chi connectivity index (χ1) is 14.9. The van der Waals surface area contributed by atoms with E-state index in [0.717, 1.165) is 35.0 Å². The van der Waals surface area contributed by atoms with Gasteiger partial charge in [-0.05, 0) is 83.5 Å². The van der Waals surface area contributed by atoms with Crippen LogP contribution < -0.4 is 5.32 Å². The zero-order chi connectivity index (χ0) is 21.9. The standard InChI is InChI=1S/C24H26BrClN2O3/c1-12-18(9-8-17(25)22(12)26)27-19(29)5-3-2-4-10-28-23(30)20-13-6-7-14(16-11-15(13)16)21(20)24(28)31/h6-9,13-16,20-21H,2-5,10-11H2,1H3,(H,27,29). The van der Waals surface area contributed by atoms with Crippen LogP contribution in [0.1, 0.15) is 37.7 Å². The van der Waals surface area contributed by atoms with Gasteiger partial charge in [0.05, 0.1) is 16.9 Å². The number of hydrogen-bond acceptors (Lipinski definition) is 3. The third kappa shape index (κ3) is 3.56. The molecule has 2 saturated carbocycles.